The number of nitrogens with zero attached hydrogens (tertiary/aromatic N) is 7. The molecule has 2 saturated heterocycles. The maximum atomic E-state index is 8.87. The van der Waals surface area contributed by atoms with E-state index in [9.17, 15) is 0 Å². The normalized spacial score (nSPS) is 17.9. The molecule has 2 aromatic heterocycles. The second kappa shape index (κ2) is 7.54. The van der Waals surface area contributed by atoms with E-state index in [-0.39, 0.29) is 0 Å². The van der Waals surface area contributed by atoms with E-state index in [1.807, 2.05) is 24.3 Å². The van der Waals surface area contributed by atoms with E-state index in [0.29, 0.717) is 5.56 Å². The predicted molar refractivity (Wildman–Crippen MR) is 98.4 cm³/mol. The van der Waals surface area contributed by atoms with Crippen molar-refractivity contribution < 1.29 is 4.74 Å². The fourth-order valence-corrected chi connectivity index (χ4v) is 3.25. The lowest BCUT2D eigenvalue weighted by atomic mass is 10.2. The first-order valence-corrected chi connectivity index (χ1v) is 8.86. The Labute approximate surface area is 152 Å². The fraction of sp³-hybridized carbons (Fsp3) is 0.444. The molecule has 2 aliphatic rings. The first kappa shape index (κ1) is 16.5. The summed E-state index contributed by atoms with van der Waals surface area (Å²) < 4.78 is 5.38. The molecule has 0 N–H and O–H groups in total. The van der Waals surface area contributed by atoms with Gasteiger partial charge in [-0.15, -0.1) is 10.2 Å². The van der Waals surface area contributed by atoms with Crippen molar-refractivity contribution in [2.75, 3.05) is 67.2 Å². The lowest BCUT2D eigenvalue weighted by Gasteiger charge is -2.36. The fourth-order valence-electron chi connectivity index (χ4n) is 3.25. The lowest BCUT2D eigenvalue weighted by Crippen LogP contribution is -2.47. The standard InChI is InChI=1S/C18H21N7O/c19-13-15-1-2-16(20-14-15)23-5-7-24(8-6-23)17-3-4-18(22-21-17)25-9-11-26-12-10-25/h1-4,14H,5-12H2. The number of piperazine rings is 1. The van der Waals surface area contributed by atoms with Crippen LogP contribution in [-0.2, 0) is 4.74 Å². The summed E-state index contributed by atoms with van der Waals surface area (Å²) in [6, 6.07) is 9.91. The van der Waals surface area contributed by atoms with Crippen LogP contribution < -0.4 is 14.7 Å². The molecule has 8 nitrogen and oxygen atoms in total. The highest BCUT2D eigenvalue weighted by molar-refractivity contribution is 5.48. The molecular formula is C18H21N7O. The molecule has 0 aliphatic carbocycles. The van der Waals surface area contributed by atoms with Gasteiger partial charge in [-0.3, -0.25) is 0 Å². The summed E-state index contributed by atoms with van der Waals surface area (Å²) in [6.45, 7) is 6.69. The number of hydrogen-bond donors (Lipinski definition) is 0. The van der Waals surface area contributed by atoms with Gasteiger partial charge in [0.05, 0.1) is 18.8 Å². The molecule has 0 radical (unpaired) electrons. The molecule has 0 amide bonds. The monoisotopic (exact) mass is 351 g/mol. The summed E-state index contributed by atoms with van der Waals surface area (Å²) in [5.74, 6) is 2.74. The Morgan fingerprint density at radius 3 is 1.81 bits per heavy atom. The van der Waals surface area contributed by atoms with Crippen molar-refractivity contribution in [1.82, 2.24) is 15.2 Å². The summed E-state index contributed by atoms with van der Waals surface area (Å²) in [5, 5.41) is 17.7. The smallest absolute Gasteiger partial charge is 0.151 e. The van der Waals surface area contributed by atoms with Gasteiger partial charge in [0.1, 0.15) is 11.9 Å². The SMILES string of the molecule is N#Cc1ccc(N2CCN(c3ccc(N4CCOCC4)nn3)CC2)nc1. The topological polar surface area (TPSA) is 81.4 Å². The highest BCUT2D eigenvalue weighted by atomic mass is 16.5. The van der Waals surface area contributed by atoms with Gasteiger partial charge in [-0.1, -0.05) is 0 Å². The summed E-state index contributed by atoms with van der Waals surface area (Å²) in [6.07, 6.45) is 1.62. The quantitative estimate of drug-likeness (QED) is 0.807. The molecule has 0 atom stereocenters. The van der Waals surface area contributed by atoms with Crippen LogP contribution in [-0.4, -0.2) is 67.7 Å². The average molecular weight is 351 g/mol. The zero-order chi connectivity index (χ0) is 17.8. The van der Waals surface area contributed by atoms with Crippen LogP contribution >= 0.6 is 0 Å². The van der Waals surface area contributed by atoms with Crippen LogP contribution in [0.15, 0.2) is 30.5 Å². The van der Waals surface area contributed by atoms with Crippen LogP contribution in [0.4, 0.5) is 17.5 Å². The van der Waals surface area contributed by atoms with E-state index < -0.39 is 0 Å². The zero-order valence-electron chi connectivity index (χ0n) is 14.6. The number of ether oxygens (including phenoxy) is 1. The Morgan fingerprint density at radius 1 is 0.769 bits per heavy atom. The molecule has 134 valence electrons. The third-order valence-corrected chi connectivity index (χ3v) is 4.78. The van der Waals surface area contributed by atoms with E-state index in [1.165, 1.54) is 0 Å². The van der Waals surface area contributed by atoms with Gasteiger partial charge >= 0.3 is 0 Å². The maximum absolute atomic E-state index is 8.87. The van der Waals surface area contributed by atoms with Gasteiger partial charge in [0.2, 0.25) is 0 Å². The van der Waals surface area contributed by atoms with Crippen molar-refractivity contribution in [1.29, 1.82) is 5.26 Å². The Bertz CT molecular complexity index is 758. The van der Waals surface area contributed by atoms with E-state index in [0.717, 1.165) is 69.9 Å². The summed E-state index contributed by atoms with van der Waals surface area (Å²) in [5.41, 5.74) is 0.586. The minimum Gasteiger partial charge on any atom is -0.378 e. The summed E-state index contributed by atoms with van der Waals surface area (Å²) >= 11 is 0. The largest absolute Gasteiger partial charge is 0.378 e. The van der Waals surface area contributed by atoms with E-state index in [1.54, 1.807) is 6.20 Å². The van der Waals surface area contributed by atoms with Crippen molar-refractivity contribution in [3.8, 4) is 6.07 Å². The van der Waals surface area contributed by atoms with Gasteiger partial charge in [0.25, 0.3) is 0 Å². The molecule has 26 heavy (non-hydrogen) atoms. The number of pyridine rings is 1. The molecule has 4 heterocycles. The first-order chi connectivity index (χ1) is 12.8. The number of anilines is 3. The third-order valence-electron chi connectivity index (χ3n) is 4.78. The Morgan fingerprint density at radius 2 is 1.31 bits per heavy atom. The van der Waals surface area contributed by atoms with E-state index in [2.05, 4.69) is 36.0 Å². The second-order valence-electron chi connectivity index (χ2n) is 6.34. The molecule has 0 saturated carbocycles. The van der Waals surface area contributed by atoms with E-state index in [4.69, 9.17) is 10.00 Å². The molecule has 0 unspecified atom stereocenters. The van der Waals surface area contributed by atoms with Gasteiger partial charge in [-0.05, 0) is 24.3 Å². The highest BCUT2D eigenvalue weighted by Gasteiger charge is 2.20. The van der Waals surface area contributed by atoms with Gasteiger partial charge in [0, 0.05) is 45.5 Å². The van der Waals surface area contributed by atoms with Gasteiger partial charge in [0.15, 0.2) is 11.6 Å². The summed E-state index contributed by atoms with van der Waals surface area (Å²) in [4.78, 5) is 11.1. The summed E-state index contributed by atoms with van der Waals surface area (Å²) in [7, 11) is 0. The average Bonchev–Trinajstić information content (AvgIpc) is 2.75. The molecular weight excluding hydrogens is 330 g/mol. The van der Waals surface area contributed by atoms with E-state index >= 15 is 0 Å². The Balaban J connectivity index is 1.36. The van der Waals surface area contributed by atoms with Crippen molar-refractivity contribution in [3.63, 3.8) is 0 Å². The number of nitriles is 1. The van der Waals surface area contributed by atoms with Crippen LogP contribution in [0, 0.1) is 11.3 Å². The molecule has 2 aromatic rings. The van der Waals surface area contributed by atoms with Gasteiger partial charge in [-0.25, -0.2) is 4.98 Å². The molecule has 8 heteroatoms. The van der Waals surface area contributed by atoms with Crippen LogP contribution in [0.1, 0.15) is 5.56 Å². The highest BCUT2D eigenvalue weighted by Crippen LogP contribution is 2.19. The number of aromatic nitrogens is 3. The van der Waals surface area contributed by atoms with Crippen molar-refractivity contribution in [3.05, 3.63) is 36.0 Å². The Hall–Kier alpha value is -2.92. The number of hydrogen-bond acceptors (Lipinski definition) is 8. The van der Waals surface area contributed by atoms with Crippen LogP contribution in [0.5, 0.6) is 0 Å². The minimum atomic E-state index is 0.586. The number of rotatable bonds is 3. The molecule has 4 rings (SSSR count). The molecule has 0 spiro atoms. The van der Waals surface area contributed by atoms with Crippen LogP contribution in [0.2, 0.25) is 0 Å². The minimum absolute atomic E-state index is 0.586. The lowest BCUT2D eigenvalue weighted by molar-refractivity contribution is 0.122. The second-order valence-corrected chi connectivity index (χ2v) is 6.34. The van der Waals surface area contributed by atoms with Crippen molar-refractivity contribution in [2.24, 2.45) is 0 Å². The predicted octanol–water partition coefficient (Wildman–Crippen LogP) is 0.906. The molecule has 2 aliphatic heterocycles. The van der Waals surface area contributed by atoms with Gasteiger partial charge in [-0.2, -0.15) is 5.26 Å². The molecule has 0 bridgehead atoms. The van der Waals surface area contributed by atoms with Gasteiger partial charge < -0.3 is 19.4 Å². The third kappa shape index (κ3) is 3.53. The van der Waals surface area contributed by atoms with Crippen molar-refractivity contribution in [2.45, 2.75) is 0 Å². The van der Waals surface area contributed by atoms with Crippen molar-refractivity contribution >= 4 is 17.5 Å². The zero-order valence-corrected chi connectivity index (χ0v) is 14.6. The first-order valence-electron chi connectivity index (χ1n) is 8.86. The molecule has 2 fully saturated rings. The Kier molecular flexibility index (Phi) is 4.80. The van der Waals surface area contributed by atoms with Crippen LogP contribution in [0.3, 0.4) is 0 Å². The number of morpholine rings is 1. The van der Waals surface area contributed by atoms with Crippen LogP contribution in [0.25, 0.3) is 0 Å². The molecule has 0 aromatic carbocycles. The maximum Gasteiger partial charge on any atom is 0.151 e.